The van der Waals surface area contributed by atoms with Gasteiger partial charge in [0.15, 0.2) is 0 Å². The van der Waals surface area contributed by atoms with E-state index in [-0.39, 0.29) is 5.56 Å². The van der Waals surface area contributed by atoms with Crippen LogP contribution in [-0.2, 0) is 12.7 Å². The van der Waals surface area contributed by atoms with Crippen molar-refractivity contribution in [2.75, 3.05) is 0 Å². The van der Waals surface area contributed by atoms with Crippen LogP contribution >= 0.6 is 11.6 Å². The molecule has 3 nitrogen and oxygen atoms in total. The minimum atomic E-state index is -4.36. The van der Waals surface area contributed by atoms with Gasteiger partial charge in [-0.05, 0) is 54.0 Å². The Morgan fingerprint density at radius 3 is 2.54 bits per heavy atom. The number of nitrogens with zero attached hydrogens (tertiary/aromatic N) is 2. The molecule has 0 aliphatic carbocycles. The predicted octanol–water partition coefficient (Wildman–Crippen LogP) is 5.01. The molecule has 0 amide bonds. The Kier molecular flexibility index (Phi) is 3.88. The summed E-state index contributed by atoms with van der Waals surface area (Å²) >= 11 is 5.98. The van der Waals surface area contributed by atoms with Gasteiger partial charge < -0.3 is 0 Å². The topological polar surface area (TPSA) is 34.9 Å². The minimum absolute atomic E-state index is 0.141. The van der Waals surface area contributed by atoms with Gasteiger partial charge in [0.2, 0.25) is 0 Å². The van der Waals surface area contributed by atoms with Crippen molar-refractivity contribution in [1.82, 2.24) is 9.55 Å². The van der Waals surface area contributed by atoms with Gasteiger partial charge in [0, 0.05) is 11.6 Å². The van der Waals surface area contributed by atoms with Crippen molar-refractivity contribution in [3.63, 3.8) is 0 Å². The van der Waals surface area contributed by atoms with E-state index >= 15 is 0 Å². The van der Waals surface area contributed by atoms with Gasteiger partial charge in [0.25, 0.3) is 5.56 Å². The van der Waals surface area contributed by atoms with Crippen molar-refractivity contribution >= 4 is 34.2 Å². The highest BCUT2D eigenvalue weighted by Crippen LogP contribution is 2.31. The van der Waals surface area contributed by atoms with E-state index in [0.29, 0.717) is 40.3 Å². The Balaban J connectivity index is 1.79. The molecule has 0 spiro atoms. The second-order valence-corrected chi connectivity index (χ2v) is 6.53. The monoisotopic (exact) mass is 376 g/mol. The smallest absolute Gasteiger partial charge is 0.292 e. The zero-order chi connectivity index (χ0) is 18.5. The molecule has 0 N–H and O–H groups in total. The van der Waals surface area contributed by atoms with E-state index in [9.17, 15) is 18.0 Å². The number of rotatable bonds is 1. The van der Waals surface area contributed by atoms with Crippen molar-refractivity contribution in [3.8, 4) is 0 Å². The first-order chi connectivity index (χ1) is 12.3. The summed E-state index contributed by atoms with van der Waals surface area (Å²) in [4.78, 5) is 17.2. The zero-order valence-corrected chi connectivity index (χ0v) is 14.1. The molecule has 0 unspecified atom stereocenters. The van der Waals surface area contributed by atoms with Crippen LogP contribution in [0.15, 0.2) is 47.3 Å². The van der Waals surface area contributed by atoms with Crippen LogP contribution in [0.5, 0.6) is 0 Å². The number of benzene rings is 2. The molecular weight excluding hydrogens is 365 g/mol. The number of aromatic nitrogens is 2. The van der Waals surface area contributed by atoms with E-state index < -0.39 is 11.7 Å². The number of allylic oxidation sites excluding steroid dienone is 1. The second kappa shape index (κ2) is 5.99. The largest absolute Gasteiger partial charge is 0.416 e. The van der Waals surface area contributed by atoms with Crippen molar-refractivity contribution in [1.29, 1.82) is 0 Å². The Hall–Kier alpha value is -2.60. The Labute approximate surface area is 151 Å². The zero-order valence-electron chi connectivity index (χ0n) is 13.3. The summed E-state index contributed by atoms with van der Waals surface area (Å²) in [5.74, 6) is 0.532. The number of hydrogen-bond acceptors (Lipinski definition) is 2. The summed E-state index contributed by atoms with van der Waals surface area (Å²) in [6.45, 7) is 0.492. The molecule has 1 aliphatic heterocycles. The van der Waals surface area contributed by atoms with Gasteiger partial charge in [0.1, 0.15) is 5.82 Å². The van der Waals surface area contributed by atoms with Gasteiger partial charge in [-0.2, -0.15) is 13.2 Å². The number of halogens is 4. The van der Waals surface area contributed by atoms with E-state index in [1.807, 2.05) is 0 Å². The Morgan fingerprint density at radius 2 is 1.85 bits per heavy atom. The number of fused-ring (bicyclic) bond motifs is 2. The van der Waals surface area contributed by atoms with Crippen molar-refractivity contribution in [2.24, 2.45) is 0 Å². The van der Waals surface area contributed by atoms with E-state index in [1.54, 1.807) is 28.8 Å². The van der Waals surface area contributed by atoms with Crippen LogP contribution in [0.2, 0.25) is 5.02 Å². The van der Waals surface area contributed by atoms with E-state index in [2.05, 4.69) is 4.98 Å². The van der Waals surface area contributed by atoms with Gasteiger partial charge >= 0.3 is 6.18 Å². The first kappa shape index (κ1) is 16.8. The molecule has 132 valence electrons. The highest BCUT2D eigenvalue weighted by atomic mass is 35.5. The van der Waals surface area contributed by atoms with E-state index in [4.69, 9.17) is 11.6 Å². The van der Waals surface area contributed by atoms with Gasteiger partial charge in [-0.15, -0.1) is 0 Å². The van der Waals surface area contributed by atoms with Crippen molar-refractivity contribution in [2.45, 2.75) is 19.1 Å². The van der Waals surface area contributed by atoms with Crippen LogP contribution < -0.4 is 5.56 Å². The van der Waals surface area contributed by atoms with Crippen LogP contribution in [0.3, 0.4) is 0 Å². The fourth-order valence-electron chi connectivity index (χ4n) is 3.10. The standard InChI is InChI=1S/C19H12ClF3N2O/c20-14-5-6-15-16(10-14)24-17-12(7-8-25(17)18(15)26)9-11-1-3-13(4-2-11)19(21,22)23/h1-6,9-10H,7-8H2/b12-9+. The predicted molar refractivity (Wildman–Crippen MR) is 94.9 cm³/mol. The molecule has 7 heteroatoms. The molecule has 0 fully saturated rings. The van der Waals surface area contributed by atoms with Crippen LogP contribution in [-0.4, -0.2) is 9.55 Å². The molecule has 0 radical (unpaired) electrons. The van der Waals surface area contributed by atoms with Crippen LogP contribution in [0, 0.1) is 0 Å². The lowest BCUT2D eigenvalue weighted by Gasteiger charge is -2.07. The summed E-state index contributed by atoms with van der Waals surface area (Å²) < 4.78 is 39.6. The Bertz CT molecular complexity index is 1100. The maximum absolute atomic E-state index is 12.7. The van der Waals surface area contributed by atoms with Gasteiger partial charge in [0.05, 0.1) is 16.5 Å². The molecule has 1 aliphatic rings. The molecule has 0 bridgehead atoms. The molecule has 4 rings (SSSR count). The third kappa shape index (κ3) is 2.90. The lowest BCUT2D eigenvalue weighted by molar-refractivity contribution is -0.137. The molecule has 2 heterocycles. The molecule has 3 aromatic rings. The normalized spacial score (nSPS) is 15.6. The summed E-state index contributed by atoms with van der Waals surface area (Å²) in [5.41, 5.74) is 1.11. The quantitative estimate of drug-likeness (QED) is 0.598. The summed E-state index contributed by atoms with van der Waals surface area (Å²) in [6, 6.07) is 9.84. The minimum Gasteiger partial charge on any atom is -0.292 e. The van der Waals surface area contributed by atoms with Crippen LogP contribution in [0.1, 0.15) is 23.4 Å². The van der Waals surface area contributed by atoms with Crippen molar-refractivity contribution in [3.05, 3.63) is 74.8 Å². The average molecular weight is 377 g/mol. The highest BCUT2D eigenvalue weighted by molar-refractivity contribution is 6.31. The second-order valence-electron chi connectivity index (χ2n) is 6.09. The number of hydrogen-bond donors (Lipinski definition) is 0. The molecular formula is C19H12ClF3N2O. The molecule has 2 aromatic carbocycles. The maximum atomic E-state index is 12.7. The first-order valence-electron chi connectivity index (χ1n) is 7.91. The van der Waals surface area contributed by atoms with Crippen molar-refractivity contribution < 1.29 is 13.2 Å². The van der Waals surface area contributed by atoms with Gasteiger partial charge in [-0.1, -0.05) is 23.7 Å². The Morgan fingerprint density at radius 1 is 1.12 bits per heavy atom. The molecule has 0 saturated carbocycles. The van der Waals surface area contributed by atoms with Gasteiger partial charge in [-0.3, -0.25) is 9.36 Å². The molecule has 26 heavy (non-hydrogen) atoms. The first-order valence-corrected chi connectivity index (χ1v) is 8.29. The molecule has 0 atom stereocenters. The number of alkyl halides is 3. The average Bonchev–Trinajstić information content (AvgIpc) is 2.97. The molecule has 0 saturated heterocycles. The fourth-order valence-corrected chi connectivity index (χ4v) is 3.26. The lowest BCUT2D eigenvalue weighted by atomic mass is 10.1. The summed E-state index contributed by atoms with van der Waals surface area (Å²) in [7, 11) is 0. The third-order valence-electron chi connectivity index (χ3n) is 4.39. The highest BCUT2D eigenvalue weighted by Gasteiger charge is 2.30. The fraction of sp³-hybridized carbons (Fsp3) is 0.158. The van der Waals surface area contributed by atoms with Crippen LogP contribution in [0.25, 0.3) is 22.6 Å². The van der Waals surface area contributed by atoms with E-state index in [0.717, 1.165) is 17.7 Å². The molecule has 1 aromatic heterocycles. The SMILES string of the molecule is O=c1c2ccc(Cl)cc2nc2n1CC/C2=C\c1ccc(C(F)(F)F)cc1. The summed E-state index contributed by atoms with van der Waals surface area (Å²) in [5, 5.41) is 0.981. The van der Waals surface area contributed by atoms with Crippen LogP contribution in [0.4, 0.5) is 13.2 Å². The summed E-state index contributed by atoms with van der Waals surface area (Å²) in [6.07, 6.45) is -2.01. The van der Waals surface area contributed by atoms with E-state index in [1.165, 1.54) is 12.1 Å². The third-order valence-corrected chi connectivity index (χ3v) is 4.62. The maximum Gasteiger partial charge on any atom is 0.416 e. The lowest BCUT2D eigenvalue weighted by Crippen LogP contribution is -2.20. The van der Waals surface area contributed by atoms with Gasteiger partial charge in [-0.25, -0.2) is 4.98 Å².